The number of rotatable bonds is 7. The van der Waals surface area contributed by atoms with Crippen molar-refractivity contribution in [3.05, 3.63) is 23.9 Å². The molecule has 0 aliphatic heterocycles. The summed E-state index contributed by atoms with van der Waals surface area (Å²) in [5.74, 6) is -0.477. The Bertz CT molecular complexity index is 437. The van der Waals surface area contributed by atoms with Gasteiger partial charge in [0.05, 0.1) is 10.6 Å². The Hall–Kier alpha value is -1.28. The standard InChI is InChI=1S/C12H15F3N2O2S/c1-2-16-9(11(18)19)5-6-20-10-4-3-8(7-17-10)12(13,14)15/h3-4,7,9,16H,2,5-6H2,1H3,(H,18,19). The molecule has 0 bridgehead atoms. The van der Waals surface area contributed by atoms with Crippen LogP contribution in [0.4, 0.5) is 13.2 Å². The third-order valence-corrected chi connectivity index (χ3v) is 3.45. The Balaban J connectivity index is 2.48. The molecule has 112 valence electrons. The first-order chi connectivity index (χ1) is 9.34. The van der Waals surface area contributed by atoms with Crippen LogP contribution in [0, 0.1) is 0 Å². The zero-order chi connectivity index (χ0) is 15.2. The van der Waals surface area contributed by atoms with Crippen molar-refractivity contribution in [3.8, 4) is 0 Å². The monoisotopic (exact) mass is 308 g/mol. The van der Waals surface area contributed by atoms with E-state index in [9.17, 15) is 18.0 Å². The molecule has 0 spiro atoms. The van der Waals surface area contributed by atoms with Crippen molar-refractivity contribution in [1.82, 2.24) is 10.3 Å². The number of thioether (sulfide) groups is 1. The lowest BCUT2D eigenvalue weighted by Crippen LogP contribution is -2.36. The van der Waals surface area contributed by atoms with E-state index >= 15 is 0 Å². The summed E-state index contributed by atoms with van der Waals surface area (Å²) in [7, 11) is 0. The number of aliphatic carboxylic acids is 1. The molecule has 8 heteroatoms. The van der Waals surface area contributed by atoms with Crippen LogP contribution in [0.25, 0.3) is 0 Å². The molecule has 0 aromatic carbocycles. The summed E-state index contributed by atoms with van der Waals surface area (Å²) in [6.45, 7) is 2.35. The van der Waals surface area contributed by atoms with Gasteiger partial charge in [0.2, 0.25) is 0 Å². The van der Waals surface area contributed by atoms with Crippen LogP contribution < -0.4 is 5.32 Å². The van der Waals surface area contributed by atoms with Crippen LogP contribution in [-0.4, -0.2) is 34.4 Å². The number of pyridine rings is 1. The van der Waals surface area contributed by atoms with E-state index in [-0.39, 0.29) is 0 Å². The highest BCUT2D eigenvalue weighted by Gasteiger charge is 2.30. The quantitative estimate of drug-likeness (QED) is 0.758. The van der Waals surface area contributed by atoms with Gasteiger partial charge in [-0.15, -0.1) is 11.8 Å². The Morgan fingerprint density at radius 1 is 1.50 bits per heavy atom. The fourth-order valence-electron chi connectivity index (χ4n) is 1.47. The highest BCUT2D eigenvalue weighted by molar-refractivity contribution is 7.99. The molecular weight excluding hydrogens is 293 g/mol. The second-order valence-corrected chi connectivity index (χ2v) is 5.08. The first-order valence-corrected chi connectivity index (χ1v) is 6.95. The van der Waals surface area contributed by atoms with Gasteiger partial charge in [-0.3, -0.25) is 4.79 Å². The fourth-order valence-corrected chi connectivity index (χ4v) is 2.33. The van der Waals surface area contributed by atoms with Gasteiger partial charge in [0, 0.05) is 11.9 Å². The maximum absolute atomic E-state index is 12.3. The minimum atomic E-state index is -4.39. The molecule has 1 aromatic heterocycles. The van der Waals surface area contributed by atoms with Gasteiger partial charge in [-0.2, -0.15) is 13.2 Å². The molecular formula is C12H15F3N2O2S. The van der Waals surface area contributed by atoms with Crippen molar-refractivity contribution in [2.24, 2.45) is 0 Å². The third-order valence-electron chi connectivity index (χ3n) is 2.47. The molecule has 20 heavy (non-hydrogen) atoms. The lowest BCUT2D eigenvalue weighted by molar-refractivity contribution is -0.139. The molecule has 1 aromatic rings. The van der Waals surface area contributed by atoms with Crippen LogP contribution in [0.2, 0.25) is 0 Å². The predicted molar refractivity (Wildman–Crippen MR) is 69.7 cm³/mol. The minimum absolute atomic E-state index is 0.372. The zero-order valence-electron chi connectivity index (χ0n) is 10.8. The Morgan fingerprint density at radius 3 is 2.65 bits per heavy atom. The highest BCUT2D eigenvalue weighted by Crippen LogP contribution is 2.29. The molecule has 0 saturated heterocycles. The smallest absolute Gasteiger partial charge is 0.417 e. The normalized spacial score (nSPS) is 13.2. The number of nitrogens with one attached hydrogen (secondary N) is 1. The van der Waals surface area contributed by atoms with Crippen LogP contribution in [0.3, 0.4) is 0 Å². The number of alkyl halides is 3. The SMILES string of the molecule is CCNC(CCSc1ccc(C(F)(F)F)cn1)C(=O)O. The van der Waals surface area contributed by atoms with Gasteiger partial charge in [-0.1, -0.05) is 6.92 Å². The molecule has 0 radical (unpaired) electrons. The van der Waals surface area contributed by atoms with E-state index in [0.29, 0.717) is 23.7 Å². The Morgan fingerprint density at radius 2 is 2.20 bits per heavy atom. The second-order valence-electron chi connectivity index (χ2n) is 3.97. The molecule has 1 atom stereocenters. The van der Waals surface area contributed by atoms with Crippen molar-refractivity contribution in [3.63, 3.8) is 0 Å². The largest absolute Gasteiger partial charge is 0.480 e. The third kappa shape index (κ3) is 5.38. The van der Waals surface area contributed by atoms with Crippen molar-refractivity contribution in [1.29, 1.82) is 0 Å². The first kappa shape index (κ1) is 16.8. The van der Waals surface area contributed by atoms with E-state index in [0.717, 1.165) is 12.3 Å². The molecule has 1 heterocycles. The molecule has 0 fully saturated rings. The molecule has 0 aliphatic carbocycles. The van der Waals surface area contributed by atoms with E-state index in [1.807, 2.05) is 0 Å². The van der Waals surface area contributed by atoms with Crippen LogP contribution in [0.1, 0.15) is 18.9 Å². The Labute approximate surface area is 118 Å². The van der Waals surface area contributed by atoms with Crippen LogP contribution in [0.15, 0.2) is 23.4 Å². The number of nitrogens with zero attached hydrogens (tertiary/aromatic N) is 1. The summed E-state index contributed by atoms with van der Waals surface area (Å²) in [4.78, 5) is 14.6. The van der Waals surface area contributed by atoms with E-state index in [4.69, 9.17) is 5.11 Å². The number of hydrogen-bond acceptors (Lipinski definition) is 4. The highest BCUT2D eigenvalue weighted by atomic mass is 32.2. The number of likely N-dealkylation sites (N-methyl/N-ethyl adjacent to an activating group) is 1. The number of carbonyl (C=O) groups is 1. The number of carboxylic acids is 1. The molecule has 0 aliphatic rings. The van der Waals surface area contributed by atoms with Gasteiger partial charge in [0.15, 0.2) is 0 Å². The van der Waals surface area contributed by atoms with E-state index < -0.39 is 23.8 Å². The van der Waals surface area contributed by atoms with Gasteiger partial charge < -0.3 is 10.4 Å². The van der Waals surface area contributed by atoms with Crippen molar-refractivity contribution in [2.45, 2.75) is 30.6 Å². The summed E-state index contributed by atoms with van der Waals surface area (Å²) in [5.41, 5.74) is -0.794. The lowest BCUT2D eigenvalue weighted by atomic mass is 10.2. The zero-order valence-corrected chi connectivity index (χ0v) is 11.6. The summed E-state index contributed by atoms with van der Waals surface area (Å²) >= 11 is 1.23. The summed E-state index contributed by atoms with van der Waals surface area (Å²) in [6, 6.07) is 1.60. The number of aromatic nitrogens is 1. The average Bonchev–Trinajstić information content (AvgIpc) is 2.37. The van der Waals surface area contributed by atoms with E-state index in [1.54, 1.807) is 6.92 Å². The fraction of sp³-hybridized carbons (Fsp3) is 0.500. The van der Waals surface area contributed by atoms with E-state index in [1.165, 1.54) is 17.8 Å². The molecule has 1 rings (SSSR count). The predicted octanol–water partition coefficient (Wildman–Crippen LogP) is 2.65. The number of carboxylic acid groups (broad SMARTS) is 1. The van der Waals surface area contributed by atoms with Crippen molar-refractivity contribution >= 4 is 17.7 Å². The first-order valence-electron chi connectivity index (χ1n) is 5.96. The topological polar surface area (TPSA) is 62.2 Å². The van der Waals surface area contributed by atoms with Gasteiger partial charge >= 0.3 is 12.1 Å². The van der Waals surface area contributed by atoms with Crippen LogP contribution in [0.5, 0.6) is 0 Å². The van der Waals surface area contributed by atoms with Crippen LogP contribution >= 0.6 is 11.8 Å². The number of halogens is 3. The summed E-state index contributed by atoms with van der Waals surface area (Å²) in [6.07, 6.45) is -3.24. The van der Waals surface area contributed by atoms with Crippen molar-refractivity contribution in [2.75, 3.05) is 12.3 Å². The maximum atomic E-state index is 12.3. The summed E-state index contributed by atoms with van der Waals surface area (Å²) in [5, 5.41) is 12.2. The summed E-state index contributed by atoms with van der Waals surface area (Å²) < 4.78 is 37.0. The minimum Gasteiger partial charge on any atom is -0.480 e. The van der Waals surface area contributed by atoms with Crippen molar-refractivity contribution < 1.29 is 23.1 Å². The average molecular weight is 308 g/mol. The molecule has 0 amide bonds. The molecule has 4 nitrogen and oxygen atoms in total. The molecule has 0 saturated carbocycles. The van der Waals surface area contributed by atoms with Gasteiger partial charge in [-0.05, 0) is 25.1 Å². The van der Waals surface area contributed by atoms with Gasteiger partial charge in [0.25, 0.3) is 0 Å². The maximum Gasteiger partial charge on any atom is 0.417 e. The van der Waals surface area contributed by atoms with Gasteiger partial charge in [-0.25, -0.2) is 4.98 Å². The lowest BCUT2D eigenvalue weighted by Gasteiger charge is -2.12. The molecule has 2 N–H and O–H groups in total. The van der Waals surface area contributed by atoms with Gasteiger partial charge in [0.1, 0.15) is 6.04 Å². The Kier molecular flexibility index (Phi) is 6.28. The van der Waals surface area contributed by atoms with Crippen LogP contribution in [-0.2, 0) is 11.0 Å². The number of hydrogen-bond donors (Lipinski definition) is 2. The second kappa shape index (κ2) is 7.49. The van der Waals surface area contributed by atoms with E-state index in [2.05, 4.69) is 10.3 Å². The molecule has 1 unspecified atom stereocenters.